The van der Waals surface area contributed by atoms with Crippen molar-refractivity contribution in [1.82, 2.24) is 4.90 Å². The highest BCUT2D eigenvalue weighted by atomic mass is 79.9. The third-order valence-corrected chi connectivity index (χ3v) is 3.97. The van der Waals surface area contributed by atoms with Gasteiger partial charge >= 0.3 is 0 Å². The van der Waals surface area contributed by atoms with E-state index >= 15 is 0 Å². The van der Waals surface area contributed by atoms with Gasteiger partial charge in [-0.1, -0.05) is 15.9 Å². The standard InChI is InChI=1S/C11H16BrF2NO/c12-1-2-15(6-10(13)14)11(16)9-4-7-3-8(7)5-9/h7-10H,1-6H2. The molecule has 2 atom stereocenters. The van der Waals surface area contributed by atoms with Crippen molar-refractivity contribution in [3.63, 3.8) is 0 Å². The zero-order chi connectivity index (χ0) is 11.7. The Bertz CT molecular complexity index is 265. The predicted octanol–water partition coefficient (Wildman–Crippen LogP) is 2.52. The highest BCUT2D eigenvalue weighted by Gasteiger charge is 2.48. The van der Waals surface area contributed by atoms with Crippen molar-refractivity contribution in [2.24, 2.45) is 17.8 Å². The molecule has 0 radical (unpaired) electrons. The van der Waals surface area contributed by atoms with Crippen molar-refractivity contribution in [1.29, 1.82) is 0 Å². The van der Waals surface area contributed by atoms with Crippen molar-refractivity contribution >= 4 is 21.8 Å². The van der Waals surface area contributed by atoms with Crippen LogP contribution in [-0.4, -0.2) is 35.7 Å². The lowest BCUT2D eigenvalue weighted by atomic mass is 10.0. The van der Waals surface area contributed by atoms with Gasteiger partial charge in [-0.05, 0) is 31.1 Å². The third-order valence-electron chi connectivity index (χ3n) is 3.62. The van der Waals surface area contributed by atoms with E-state index < -0.39 is 13.0 Å². The van der Waals surface area contributed by atoms with E-state index in [0.717, 1.165) is 12.8 Å². The second-order valence-corrected chi connectivity index (χ2v) is 5.58. The van der Waals surface area contributed by atoms with Gasteiger partial charge in [0.1, 0.15) is 0 Å². The van der Waals surface area contributed by atoms with Crippen LogP contribution >= 0.6 is 15.9 Å². The van der Waals surface area contributed by atoms with Crippen molar-refractivity contribution < 1.29 is 13.6 Å². The molecule has 2 unspecified atom stereocenters. The Morgan fingerprint density at radius 3 is 2.44 bits per heavy atom. The molecule has 16 heavy (non-hydrogen) atoms. The van der Waals surface area contributed by atoms with E-state index in [4.69, 9.17) is 0 Å². The van der Waals surface area contributed by atoms with Crippen LogP contribution in [0.15, 0.2) is 0 Å². The number of carbonyl (C=O) groups excluding carboxylic acids is 1. The molecule has 1 amide bonds. The summed E-state index contributed by atoms with van der Waals surface area (Å²) < 4.78 is 24.7. The smallest absolute Gasteiger partial charge is 0.255 e. The van der Waals surface area contributed by atoms with Crippen LogP contribution in [0.3, 0.4) is 0 Å². The highest BCUT2D eigenvalue weighted by Crippen LogP contribution is 2.54. The first-order chi connectivity index (χ1) is 7.61. The van der Waals surface area contributed by atoms with Crippen LogP contribution in [0.25, 0.3) is 0 Å². The number of nitrogens with zero attached hydrogens (tertiary/aromatic N) is 1. The highest BCUT2D eigenvalue weighted by molar-refractivity contribution is 9.09. The van der Waals surface area contributed by atoms with Crippen molar-refractivity contribution in [3.05, 3.63) is 0 Å². The van der Waals surface area contributed by atoms with Gasteiger partial charge in [-0.2, -0.15) is 0 Å². The molecular weight excluding hydrogens is 280 g/mol. The average Bonchev–Trinajstić information content (AvgIpc) is 2.83. The summed E-state index contributed by atoms with van der Waals surface area (Å²) >= 11 is 3.20. The maximum Gasteiger partial charge on any atom is 0.255 e. The second kappa shape index (κ2) is 4.98. The van der Waals surface area contributed by atoms with Gasteiger partial charge in [-0.15, -0.1) is 0 Å². The monoisotopic (exact) mass is 295 g/mol. The normalized spacial score (nSPS) is 31.6. The third kappa shape index (κ3) is 2.73. The molecule has 2 aliphatic rings. The molecule has 5 heteroatoms. The van der Waals surface area contributed by atoms with Crippen LogP contribution < -0.4 is 0 Å². The zero-order valence-electron chi connectivity index (χ0n) is 9.04. The molecule has 2 nitrogen and oxygen atoms in total. The molecule has 92 valence electrons. The Morgan fingerprint density at radius 1 is 1.31 bits per heavy atom. The maximum atomic E-state index is 12.3. The van der Waals surface area contributed by atoms with E-state index in [1.807, 2.05) is 0 Å². The number of carbonyl (C=O) groups is 1. The van der Waals surface area contributed by atoms with Gasteiger partial charge in [0.2, 0.25) is 5.91 Å². The first-order valence-electron chi connectivity index (χ1n) is 5.74. The lowest BCUT2D eigenvalue weighted by molar-refractivity contribution is -0.137. The molecule has 0 heterocycles. The van der Waals surface area contributed by atoms with Crippen molar-refractivity contribution in [2.75, 3.05) is 18.4 Å². The summed E-state index contributed by atoms with van der Waals surface area (Å²) in [6.07, 6.45) is 0.660. The van der Waals surface area contributed by atoms with E-state index in [0.29, 0.717) is 23.7 Å². The van der Waals surface area contributed by atoms with Crippen LogP contribution in [0.2, 0.25) is 0 Å². The van der Waals surface area contributed by atoms with Crippen LogP contribution in [0.4, 0.5) is 8.78 Å². The van der Waals surface area contributed by atoms with E-state index in [-0.39, 0.29) is 11.8 Å². The molecular formula is C11H16BrF2NO. The minimum absolute atomic E-state index is 0.0153. The Morgan fingerprint density at radius 2 is 1.94 bits per heavy atom. The van der Waals surface area contributed by atoms with Gasteiger partial charge in [-0.25, -0.2) is 8.78 Å². The number of rotatable bonds is 5. The average molecular weight is 296 g/mol. The topological polar surface area (TPSA) is 20.3 Å². The van der Waals surface area contributed by atoms with Gasteiger partial charge in [-0.3, -0.25) is 4.79 Å². The summed E-state index contributed by atoms with van der Waals surface area (Å²) in [5, 5.41) is 0.561. The number of fused-ring (bicyclic) bond motifs is 1. The second-order valence-electron chi connectivity index (χ2n) is 4.79. The zero-order valence-corrected chi connectivity index (χ0v) is 10.6. The molecule has 2 rings (SSSR count). The Kier molecular flexibility index (Phi) is 3.82. The Balaban J connectivity index is 1.88. The van der Waals surface area contributed by atoms with E-state index in [9.17, 15) is 13.6 Å². The molecule has 0 aromatic heterocycles. The molecule has 0 bridgehead atoms. The molecule has 0 aromatic carbocycles. The van der Waals surface area contributed by atoms with Gasteiger partial charge in [0.15, 0.2) is 0 Å². The number of halogens is 3. The number of alkyl halides is 3. The minimum Gasteiger partial charge on any atom is -0.336 e. The van der Waals surface area contributed by atoms with Gasteiger partial charge < -0.3 is 4.90 Å². The maximum absolute atomic E-state index is 12.3. The molecule has 2 saturated carbocycles. The van der Waals surface area contributed by atoms with Gasteiger partial charge in [0, 0.05) is 17.8 Å². The predicted molar refractivity (Wildman–Crippen MR) is 60.7 cm³/mol. The lowest BCUT2D eigenvalue weighted by Crippen LogP contribution is -2.40. The fourth-order valence-corrected chi connectivity index (χ4v) is 3.16. The van der Waals surface area contributed by atoms with Gasteiger partial charge in [0.25, 0.3) is 6.43 Å². The quantitative estimate of drug-likeness (QED) is 0.714. The van der Waals surface area contributed by atoms with E-state index in [1.54, 1.807) is 0 Å². The summed E-state index contributed by atoms with van der Waals surface area (Å²) in [5.41, 5.74) is 0. The molecule has 0 aliphatic heterocycles. The molecule has 0 spiro atoms. The Hall–Kier alpha value is -0.190. The SMILES string of the molecule is O=C(C1CC2CC2C1)N(CCBr)CC(F)F. The summed E-state index contributed by atoms with van der Waals surface area (Å²) in [6.45, 7) is -0.0364. The first kappa shape index (κ1) is 12.3. The number of hydrogen-bond acceptors (Lipinski definition) is 1. The first-order valence-corrected chi connectivity index (χ1v) is 6.87. The minimum atomic E-state index is -2.43. The number of hydrogen-bond donors (Lipinski definition) is 0. The van der Waals surface area contributed by atoms with E-state index in [1.165, 1.54) is 11.3 Å². The van der Waals surface area contributed by atoms with Crippen molar-refractivity contribution in [3.8, 4) is 0 Å². The Labute approximate surface area is 102 Å². The summed E-state index contributed by atoms with van der Waals surface area (Å²) in [4.78, 5) is 13.3. The summed E-state index contributed by atoms with van der Waals surface area (Å²) in [5.74, 6) is 1.38. The number of amides is 1. The summed E-state index contributed by atoms with van der Waals surface area (Å²) in [7, 11) is 0. The molecule has 2 aliphatic carbocycles. The molecule has 0 N–H and O–H groups in total. The summed E-state index contributed by atoms with van der Waals surface area (Å²) in [6, 6.07) is 0. The van der Waals surface area contributed by atoms with Crippen LogP contribution in [0.5, 0.6) is 0 Å². The lowest BCUT2D eigenvalue weighted by Gasteiger charge is -2.25. The largest absolute Gasteiger partial charge is 0.336 e. The van der Waals surface area contributed by atoms with Crippen LogP contribution in [0.1, 0.15) is 19.3 Å². The van der Waals surface area contributed by atoms with Crippen LogP contribution in [0, 0.1) is 17.8 Å². The van der Waals surface area contributed by atoms with Crippen LogP contribution in [-0.2, 0) is 4.79 Å². The fourth-order valence-electron chi connectivity index (χ4n) is 2.73. The fraction of sp³-hybridized carbons (Fsp3) is 0.909. The molecule has 2 fully saturated rings. The molecule has 0 aromatic rings. The van der Waals surface area contributed by atoms with Crippen molar-refractivity contribution in [2.45, 2.75) is 25.7 Å². The molecule has 0 saturated heterocycles. The van der Waals surface area contributed by atoms with E-state index in [2.05, 4.69) is 15.9 Å². The van der Waals surface area contributed by atoms with Gasteiger partial charge in [0.05, 0.1) is 6.54 Å².